The smallest absolute Gasteiger partial charge is 0.0146 e. The van der Waals surface area contributed by atoms with Gasteiger partial charge in [0, 0.05) is 0 Å². The molecule has 1 aromatic carbocycles. The van der Waals surface area contributed by atoms with Gasteiger partial charge >= 0.3 is 0 Å². The predicted octanol–water partition coefficient (Wildman–Crippen LogP) is 5.33. The minimum Gasteiger partial charge on any atom is -0.0993 e. The fourth-order valence-corrected chi connectivity index (χ4v) is 4.13. The number of rotatable bonds is 3. The molecule has 2 bridgehead atoms. The molecule has 0 heterocycles. The summed E-state index contributed by atoms with van der Waals surface area (Å²) in [4.78, 5) is 0. The van der Waals surface area contributed by atoms with E-state index >= 15 is 0 Å². The molecule has 0 spiro atoms. The van der Waals surface area contributed by atoms with Crippen molar-refractivity contribution in [1.82, 2.24) is 0 Å². The van der Waals surface area contributed by atoms with Gasteiger partial charge in [0.2, 0.25) is 0 Å². The Hall–Kier alpha value is -1.30. The molecule has 0 heteroatoms. The molecular formula is C19H24. The molecule has 0 aliphatic heterocycles. The maximum absolute atomic E-state index is 4.42. The molecule has 0 N–H and O–H groups in total. The SMILES string of the molecule is C=C(CC1CC2CC(C1=C)C2(C)C)c1ccccc1. The molecule has 0 aromatic heterocycles. The maximum Gasteiger partial charge on any atom is -0.0146 e. The Balaban J connectivity index is 1.70. The number of fused-ring (bicyclic) bond motifs is 2. The maximum atomic E-state index is 4.42. The predicted molar refractivity (Wildman–Crippen MR) is 82.7 cm³/mol. The van der Waals surface area contributed by atoms with E-state index in [-0.39, 0.29) is 0 Å². The zero-order valence-electron chi connectivity index (χ0n) is 12.2. The Labute approximate surface area is 117 Å². The Morgan fingerprint density at radius 2 is 1.89 bits per heavy atom. The van der Waals surface area contributed by atoms with Gasteiger partial charge in [-0.3, -0.25) is 0 Å². The minimum absolute atomic E-state index is 0.502. The van der Waals surface area contributed by atoms with Crippen LogP contribution >= 0.6 is 0 Å². The van der Waals surface area contributed by atoms with Crippen molar-refractivity contribution in [3.63, 3.8) is 0 Å². The quantitative estimate of drug-likeness (QED) is 0.638. The average Bonchev–Trinajstić information content (AvgIpc) is 2.41. The third kappa shape index (κ3) is 1.98. The zero-order valence-corrected chi connectivity index (χ0v) is 12.2. The molecule has 3 atom stereocenters. The summed E-state index contributed by atoms with van der Waals surface area (Å²) in [7, 11) is 0. The topological polar surface area (TPSA) is 0 Å². The minimum atomic E-state index is 0.502. The molecular weight excluding hydrogens is 228 g/mol. The normalized spacial score (nSPS) is 31.7. The molecule has 3 unspecified atom stereocenters. The molecule has 3 aliphatic rings. The van der Waals surface area contributed by atoms with Crippen LogP contribution in [0.4, 0.5) is 0 Å². The van der Waals surface area contributed by atoms with Gasteiger partial charge in [0.1, 0.15) is 0 Å². The monoisotopic (exact) mass is 252 g/mol. The van der Waals surface area contributed by atoms with Crippen LogP contribution < -0.4 is 0 Å². The molecule has 4 rings (SSSR count). The van der Waals surface area contributed by atoms with E-state index in [1.807, 2.05) is 0 Å². The van der Waals surface area contributed by atoms with E-state index in [4.69, 9.17) is 0 Å². The van der Waals surface area contributed by atoms with Gasteiger partial charge in [-0.1, -0.05) is 62.9 Å². The number of hydrogen-bond donors (Lipinski definition) is 0. The molecule has 0 saturated heterocycles. The first-order valence-electron chi connectivity index (χ1n) is 7.42. The van der Waals surface area contributed by atoms with Crippen LogP contribution in [0.3, 0.4) is 0 Å². The van der Waals surface area contributed by atoms with Crippen molar-refractivity contribution in [2.24, 2.45) is 23.2 Å². The molecule has 1 aromatic rings. The lowest BCUT2D eigenvalue weighted by molar-refractivity contribution is -0.0458. The highest BCUT2D eigenvalue weighted by atomic mass is 14.6. The van der Waals surface area contributed by atoms with E-state index < -0.39 is 0 Å². The summed E-state index contributed by atoms with van der Waals surface area (Å²) in [6.07, 6.45) is 3.78. The fourth-order valence-electron chi connectivity index (χ4n) is 4.13. The number of allylic oxidation sites excluding steroid dienone is 2. The third-order valence-electron chi connectivity index (χ3n) is 5.69. The van der Waals surface area contributed by atoms with Gasteiger partial charge in [-0.05, 0) is 53.6 Å². The molecule has 3 saturated carbocycles. The van der Waals surface area contributed by atoms with Crippen molar-refractivity contribution in [1.29, 1.82) is 0 Å². The Bertz CT molecular complexity index is 506. The summed E-state index contributed by atoms with van der Waals surface area (Å²) in [6.45, 7) is 13.5. The van der Waals surface area contributed by atoms with Crippen LogP contribution in [0.1, 0.15) is 38.7 Å². The van der Waals surface area contributed by atoms with Crippen molar-refractivity contribution in [2.45, 2.75) is 33.1 Å². The largest absolute Gasteiger partial charge is 0.0993 e. The lowest BCUT2D eigenvalue weighted by Crippen LogP contribution is -2.51. The highest BCUT2D eigenvalue weighted by Crippen LogP contribution is 2.63. The fraction of sp³-hybridized carbons (Fsp3) is 0.474. The summed E-state index contributed by atoms with van der Waals surface area (Å²) >= 11 is 0. The standard InChI is InChI=1S/C19H24/c1-13(15-8-6-5-7-9-15)10-16-11-17-12-18(14(16)2)19(17,3)4/h5-9,16-18H,1-2,10-12H2,3-4H3. The Morgan fingerprint density at radius 3 is 2.47 bits per heavy atom. The van der Waals surface area contributed by atoms with Crippen LogP contribution in [0.15, 0.2) is 49.1 Å². The van der Waals surface area contributed by atoms with Gasteiger partial charge in [0.05, 0.1) is 0 Å². The highest BCUT2D eigenvalue weighted by molar-refractivity contribution is 5.63. The number of benzene rings is 1. The van der Waals surface area contributed by atoms with Crippen molar-refractivity contribution >= 4 is 5.57 Å². The van der Waals surface area contributed by atoms with E-state index in [9.17, 15) is 0 Å². The molecule has 0 amide bonds. The first kappa shape index (κ1) is 12.7. The van der Waals surface area contributed by atoms with Gasteiger partial charge in [-0.2, -0.15) is 0 Å². The highest BCUT2D eigenvalue weighted by Gasteiger charge is 2.54. The van der Waals surface area contributed by atoms with Gasteiger partial charge in [0.15, 0.2) is 0 Å². The zero-order chi connectivity index (χ0) is 13.6. The second-order valence-corrected chi connectivity index (χ2v) is 6.99. The van der Waals surface area contributed by atoms with E-state index in [1.165, 1.54) is 29.6 Å². The first-order chi connectivity index (χ1) is 9.00. The van der Waals surface area contributed by atoms with E-state index in [1.54, 1.807) is 0 Å². The molecule has 3 fully saturated rings. The lowest BCUT2D eigenvalue weighted by Gasteiger charge is -2.60. The van der Waals surface area contributed by atoms with Crippen molar-refractivity contribution in [3.05, 3.63) is 54.6 Å². The van der Waals surface area contributed by atoms with E-state index in [0.717, 1.165) is 18.3 Å². The summed E-state index contributed by atoms with van der Waals surface area (Å²) in [5.41, 5.74) is 4.55. The second-order valence-electron chi connectivity index (χ2n) is 6.99. The third-order valence-corrected chi connectivity index (χ3v) is 5.69. The molecule has 0 nitrogen and oxygen atoms in total. The van der Waals surface area contributed by atoms with Crippen molar-refractivity contribution in [2.75, 3.05) is 0 Å². The van der Waals surface area contributed by atoms with Crippen LogP contribution in [0, 0.1) is 23.2 Å². The second kappa shape index (κ2) is 4.37. The molecule has 19 heavy (non-hydrogen) atoms. The van der Waals surface area contributed by atoms with Gasteiger partial charge in [0.25, 0.3) is 0 Å². The van der Waals surface area contributed by atoms with Crippen LogP contribution in [0.5, 0.6) is 0 Å². The number of hydrogen-bond acceptors (Lipinski definition) is 0. The van der Waals surface area contributed by atoms with Crippen molar-refractivity contribution < 1.29 is 0 Å². The van der Waals surface area contributed by atoms with Crippen LogP contribution in [0.25, 0.3) is 5.57 Å². The molecule has 100 valence electrons. The summed E-state index contributed by atoms with van der Waals surface area (Å²) in [5.74, 6) is 2.31. The average molecular weight is 252 g/mol. The van der Waals surface area contributed by atoms with Crippen LogP contribution in [-0.2, 0) is 0 Å². The van der Waals surface area contributed by atoms with E-state index in [0.29, 0.717) is 11.3 Å². The summed E-state index contributed by atoms with van der Waals surface area (Å²) in [5, 5.41) is 0. The van der Waals surface area contributed by atoms with Crippen LogP contribution in [0.2, 0.25) is 0 Å². The Morgan fingerprint density at radius 1 is 1.21 bits per heavy atom. The lowest BCUT2D eigenvalue weighted by atomic mass is 9.45. The van der Waals surface area contributed by atoms with Gasteiger partial charge in [-0.25, -0.2) is 0 Å². The van der Waals surface area contributed by atoms with E-state index in [2.05, 4.69) is 57.3 Å². The van der Waals surface area contributed by atoms with Gasteiger partial charge in [-0.15, -0.1) is 0 Å². The summed E-state index contributed by atoms with van der Waals surface area (Å²) < 4.78 is 0. The molecule has 0 radical (unpaired) electrons. The molecule has 3 aliphatic carbocycles. The summed E-state index contributed by atoms with van der Waals surface area (Å²) in [6, 6.07) is 10.6. The first-order valence-corrected chi connectivity index (χ1v) is 7.42. The Kier molecular flexibility index (Phi) is 2.92. The van der Waals surface area contributed by atoms with Gasteiger partial charge < -0.3 is 0 Å². The van der Waals surface area contributed by atoms with Crippen molar-refractivity contribution in [3.8, 4) is 0 Å². The van der Waals surface area contributed by atoms with Crippen LogP contribution in [-0.4, -0.2) is 0 Å².